The van der Waals surface area contributed by atoms with Crippen molar-refractivity contribution in [3.8, 4) is 0 Å². The summed E-state index contributed by atoms with van der Waals surface area (Å²) in [7, 11) is 1.94. The average Bonchev–Trinajstić information content (AvgIpc) is 3.24. The van der Waals surface area contributed by atoms with Gasteiger partial charge in [0.15, 0.2) is 0 Å². The molecule has 2 aromatic rings. The molecule has 1 aromatic heterocycles. The van der Waals surface area contributed by atoms with E-state index in [-0.39, 0.29) is 5.91 Å². The number of carbonyl (C=O) groups excluding carboxylic acids is 1. The summed E-state index contributed by atoms with van der Waals surface area (Å²) in [6, 6.07) is 12.1. The van der Waals surface area contributed by atoms with E-state index in [1.54, 1.807) is 0 Å². The van der Waals surface area contributed by atoms with Crippen molar-refractivity contribution in [2.75, 3.05) is 50.1 Å². The zero-order chi connectivity index (χ0) is 19.5. The summed E-state index contributed by atoms with van der Waals surface area (Å²) in [6.07, 6.45) is 1.22. The minimum Gasteiger partial charge on any atom is -0.464 e. The Bertz CT molecular complexity index is 813. The summed E-state index contributed by atoms with van der Waals surface area (Å²) in [5, 5.41) is 3.07. The Morgan fingerprint density at radius 2 is 1.96 bits per heavy atom. The highest BCUT2D eigenvalue weighted by atomic mass is 16.5. The fourth-order valence-corrected chi connectivity index (χ4v) is 3.81. The lowest BCUT2D eigenvalue weighted by molar-refractivity contribution is -0.117. The second kappa shape index (κ2) is 8.37. The first kappa shape index (κ1) is 19.0. The van der Waals surface area contributed by atoms with Crippen LogP contribution in [-0.2, 0) is 16.1 Å². The van der Waals surface area contributed by atoms with Crippen molar-refractivity contribution in [2.45, 2.75) is 25.8 Å². The Morgan fingerprint density at radius 3 is 2.71 bits per heavy atom. The molecule has 0 spiro atoms. The third-order valence-corrected chi connectivity index (χ3v) is 5.53. The number of ether oxygens (including phenoxy) is 1. The molecule has 4 rings (SSSR count). The van der Waals surface area contributed by atoms with E-state index in [9.17, 15) is 4.79 Å². The van der Waals surface area contributed by atoms with Crippen LogP contribution in [0, 0.1) is 5.92 Å². The van der Waals surface area contributed by atoms with Gasteiger partial charge in [-0.1, -0.05) is 19.1 Å². The predicted octanol–water partition coefficient (Wildman–Crippen LogP) is 3.31. The van der Waals surface area contributed by atoms with Crippen molar-refractivity contribution in [1.82, 2.24) is 4.90 Å². The van der Waals surface area contributed by atoms with Gasteiger partial charge < -0.3 is 19.4 Å². The lowest BCUT2D eigenvalue weighted by Crippen LogP contribution is -2.37. The van der Waals surface area contributed by atoms with Crippen LogP contribution in [0.2, 0.25) is 0 Å². The fraction of sp³-hybridized carbons (Fsp3) is 0.500. The standard InChI is InChI=1S/C22H29N3O3/c1-16-13-18(16)21-8-7-17(28-21)14-24(2)15-22(26)23-19-5-3-4-6-20(19)25-9-11-27-12-10-25/h3-8,16,18H,9-15H2,1-2H3,(H,23,26)/t16-,18+/m0/s1. The quantitative estimate of drug-likeness (QED) is 0.795. The van der Waals surface area contributed by atoms with E-state index in [2.05, 4.69) is 23.2 Å². The normalized spacial score (nSPS) is 21.8. The van der Waals surface area contributed by atoms with Crippen molar-refractivity contribution >= 4 is 17.3 Å². The highest BCUT2D eigenvalue weighted by Gasteiger charge is 2.36. The molecule has 1 saturated heterocycles. The first-order valence-electron chi connectivity index (χ1n) is 10.1. The van der Waals surface area contributed by atoms with Gasteiger partial charge in [0.25, 0.3) is 0 Å². The Kier molecular flexibility index (Phi) is 5.69. The zero-order valence-corrected chi connectivity index (χ0v) is 16.7. The van der Waals surface area contributed by atoms with Gasteiger partial charge in [-0.3, -0.25) is 9.69 Å². The minimum atomic E-state index is -0.0224. The smallest absolute Gasteiger partial charge is 0.238 e. The van der Waals surface area contributed by atoms with Gasteiger partial charge in [-0.2, -0.15) is 0 Å². The van der Waals surface area contributed by atoms with Crippen LogP contribution >= 0.6 is 0 Å². The van der Waals surface area contributed by atoms with Gasteiger partial charge in [-0.05, 0) is 43.7 Å². The van der Waals surface area contributed by atoms with Gasteiger partial charge in [-0.25, -0.2) is 0 Å². The van der Waals surface area contributed by atoms with E-state index in [1.807, 2.05) is 42.3 Å². The van der Waals surface area contributed by atoms with E-state index in [0.29, 0.717) is 19.0 Å². The number of benzene rings is 1. The van der Waals surface area contributed by atoms with Gasteiger partial charge in [0, 0.05) is 19.0 Å². The molecule has 2 aliphatic rings. The molecular weight excluding hydrogens is 354 g/mol. The monoisotopic (exact) mass is 383 g/mol. The number of rotatable bonds is 7. The Hall–Kier alpha value is -2.31. The van der Waals surface area contributed by atoms with Crippen molar-refractivity contribution in [3.05, 3.63) is 47.9 Å². The summed E-state index contributed by atoms with van der Waals surface area (Å²) in [5.41, 5.74) is 1.90. The maximum atomic E-state index is 12.6. The number of morpholine rings is 1. The van der Waals surface area contributed by atoms with Gasteiger partial charge in [-0.15, -0.1) is 0 Å². The molecular formula is C22H29N3O3. The van der Waals surface area contributed by atoms with Crippen molar-refractivity contribution in [3.63, 3.8) is 0 Å². The van der Waals surface area contributed by atoms with E-state index < -0.39 is 0 Å². The van der Waals surface area contributed by atoms with Crippen LogP contribution in [0.25, 0.3) is 0 Å². The van der Waals surface area contributed by atoms with E-state index >= 15 is 0 Å². The first-order valence-corrected chi connectivity index (χ1v) is 10.1. The van der Waals surface area contributed by atoms with Gasteiger partial charge in [0.1, 0.15) is 11.5 Å². The molecule has 2 fully saturated rings. The molecule has 1 N–H and O–H groups in total. The second-order valence-corrected chi connectivity index (χ2v) is 7.96. The lowest BCUT2D eigenvalue weighted by atomic mass is 10.2. The lowest BCUT2D eigenvalue weighted by Gasteiger charge is -2.30. The number of nitrogens with zero attached hydrogens (tertiary/aromatic N) is 2. The molecule has 1 amide bonds. The summed E-state index contributed by atoms with van der Waals surface area (Å²) < 4.78 is 11.4. The number of furan rings is 1. The molecule has 1 aromatic carbocycles. The molecule has 2 atom stereocenters. The third kappa shape index (κ3) is 4.56. The van der Waals surface area contributed by atoms with Crippen LogP contribution in [0.1, 0.15) is 30.8 Å². The Labute approximate surface area is 166 Å². The summed E-state index contributed by atoms with van der Waals surface area (Å²) >= 11 is 0. The molecule has 0 bridgehead atoms. The van der Waals surface area contributed by atoms with Crippen LogP contribution in [0.4, 0.5) is 11.4 Å². The van der Waals surface area contributed by atoms with E-state index in [4.69, 9.17) is 9.15 Å². The summed E-state index contributed by atoms with van der Waals surface area (Å²) in [6.45, 7) is 6.30. The topological polar surface area (TPSA) is 58.0 Å². The molecule has 2 heterocycles. The molecule has 1 saturated carbocycles. The highest BCUT2D eigenvalue weighted by Crippen LogP contribution is 2.47. The minimum absolute atomic E-state index is 0.0224. The largest absolute Gasteiger partial charge is 0.464 e. The Balaban J connectivity index is 1.32. The summed E-state index contributed by atoms with van der Waals surface area (Å²) in [4.78, 5) is 16.8. The van der Waals surface area contributed by atoms with Crippen LogP contribution in [0.3, 0.4) is 0 Å². The van der Waals surface area contributed by atoms with Crippen LogP contribution < -0.4 is 10.2 Å². The van der Waals surface area contributed by atoms with Gasteiger partial charge in [0.05, 0.1) is 37.7 Å². The molecule has 0 unspecified atom stereocenters. The SMILES string of the molecule is C[C@H]1C[C@H]1c1ccc(CN(C)CC(=O)Nc2ccccc2N2CCOCC2)o1. The van der Waals surface area contributed by atoms with Crippen LogP contribution in [-0.4, -0.2) is 50.7 Å². The molecule has 1 aliphatic heterocycles. The number of likely N-dealkylation sites (N-methyl/N-ethyl adjacent to an activating group) is 1. The maximum Gasteiger partial charge on any atom is 0.238 e. The van der Waals surface area contributed by atoms with E-state index in [1.165, 1.54) is 6.42 Å². The number of amides is 1. The third-order valence-electron chi connectivity index (χ3n) is 5.53. The molecule has 1 aliphatic carbocycles. The maximum absolute atomic E-state index is 12.6. The highest BCUT2D eigenvalue weighted by molar-refractivity contribution is 5.95. The number of para-hydroxylation sites is 2. The average molecular weight is 383 g/mol. The molecule has 6 nitrogen and oxygen atoms in total. The predicted molar refractivity (Wildman–Crippen MR) is 110 cm³/mol. The molecule has 0 radical (unpaired) electrons. The van der Waals surface area contributed by atoms with Crippen LogP contribution in [0.15, 0.2) is 40.8 Å². The fourth-order valence-electron chi connectivity index (χ4n) is 3.81. The van der Waals surface area contributed by atoms with Crippen molar-refractivity contribution in [2.24, 2.45) is 5.92 Å². The first-order chi connectivity index (χ1) is 13.6. The molecule has 150 valence electrons. The van der Waals surface area contributed by atoms with Gasteiger partial charge in [0.2, 0.25) is 5.91 Å². The van der Waals surface area contributed by atoms with Crippen molar-refractivity contribution < 1.29 is 13.9 Å². The van der Waals surface area contributed by atoms with E-state index in [0.717, 1.165) is 55.1 Å². The van der Waals surface area contributed by atoms with Crippen molar-refractivity contribution in [1.29, 1.82) is 0 Å². The number of hydrogen-bond donors (Lipinski definition) is 1. The second-order valence-electron chi connectivity index (χ2n) is 7.96. The summed E-state index contributed by atoms with van der Waals surface area (Å²) in [5.74, 6) is 3.29. The van der Waals surface area contributed by atoms with Gasteiger partial charge >= 0.3 is 0 Å². The Morgan fingerprint density at radius 1 is 1.21 bits per heavy atom. The zero-order valence-electron chi connectivity index (χ0n) is 16.7. The molecule has 28 heavy (non-hydrogen) atoms. The number of nitrogens with one attached hydrogen (secondary N) is 1. The molecule has 6 heteroatoms. The number of anilines is 2. The number of carbonyl (C=O) groups is 1. The van der Waals surface area contributed by atoms with Crippen LogP contribution in [0.5, 0.6) is 0 Å². The number of hydrogen-bond acceptors (Lipinski definition) is 5.